The summed E-state index contributed by atoms with van der Waals surface area (Å²) in [6.45, 7) is 2.75. The van der Waals surface area contributed by atoms with Gasteiger partial charge in [0.25, 0.3) is 0 Å². The quantitative estimate of drug-likeness (QED) is 0.107. The molecule has 12 heteroatoms. The Kier molecular flexibility index (Phi) is 12.0. The molecular formula is C38H45ClN8O3. The summed E-state index contributed by atoms with van der Waals surface area (Å²) in [5.41, 5.74) is 10.4. The van der Waals surface area contributed by atoms with Gasteiger partial charge in [0.05, 0.1) is 0 Å². The molecule has 2 unspecified atom stereocenters. The third kappa shape index (κ3) is 9.21. The van der Waals surface area contributed by atoms with Gasteiger partial charge in [0.2, 0.25) is 17.6 Å². The van der Waals surface area contributed by atoms with Gasteiger partial charge < -0.3 is 21.7 Å². The van der Waals surface area contributed by atoms with Crippen LogP contribution in [0.4, 0.5) is 5.69 Å². The van der Waals surface area contributed by atoms with E-state index in [9.17, 15) is 14.4 Å². The Hall–Kier alpha value is -4.45. The van der Waals surface area contributed by atoms with Gasteiger partial charge in [0, 0.05) is 46.2 Å². The Bertz CT molecular complexity index is 1730. The second-order valence-corrected chi connectivity index (χ2v) is 14.0. The molecule has 6 N–H and O–H groups in total. The van der Waals surface area contributed by atoms with Gasteiger partial charge in [0.1, 0.15) is 6.04 Å². The third-order valence-electron chi connectivity index (χ3n) is 10.1. The maximum absolute atomic E-state index is 13.7. The Labute approximate surface area is 297 Å². The highest BCUT2D eigenvalue weighted by Crippen LogP contribution is 2.31. The molecule has 6 rings (SSSR count). The van der Waals surface area contributed by atoms with Crippen LogP contribution in [0.2, 0.25) is 5.02 Å². The van der Waals surface area contributed by atoms with Crippen molar-refractivity contribution in [3.63, 3.8) is 0 Å². The number of carbonyl (C=O) groups is 3. The number of aromatic nitrogens is 4. The van der Waals surface area contributed by atoms with Crippen molar-refractivity contribution in [2.75, 3.05) is 25.0 Å². The number of halogens is 1. The number of Topliss-reactive ketones (excluding diaryl/α,β-unsaturated/α-hetero) is 1. The van der Waals surface area contributed by atoms with Crippen LogP contribution in [0.25, 0.3) is 22.5 Å². The normalized spacial score (nSPS) is 19.5. The highest BCUT2D eigenvalue weighted by Gasteiger charge is 2.29. The molecule has 2 aliphatic rings. The first kappa shape index (κ1) is 35.4. The summed E-state index contributed by atoms with van der Waals surface area (Å²) in [7, 11) is 0. The zero-order valence-corrected chi connectivity index (χ0v) is 28.9. The molecule has 0 bridgehead atoms. The first-order valence-corrected chi connectivity index (χ1v) is 18.0. The van der Waals surface area contributed by atoms with Crippen LogP contribution in [-0.2, 0) is 16.0 Å². The summed E-state index contributed by atoms with van der Waals surface area (Å²) in [4.78, 5) is 39.9. The van der Waals surface area contributed by atoms with Crippen LogP contribution >= 0.6 is 11.6 Å². The van der Waals surface area contributed by atoms with Gasteiger partial charge in [-0.25, -0.2) is 0 Å². The lowest BCUT2D eigenvalue weighted by Gasteiger charge is -2.28. The van der Waals surface area contributed by atoms with Crippen LogP contribution in [0.3, 0.4) is 0 Å². The van der Waals surface area contributed by atoms with Gasteiger partial charge in [-0.05, 0) is 123 Å². The van der Waals surface area contributed by atoms with Crippen LogP contribution in [0.5, 0.6) is 0 Å². The predicted molar refractivity (Wildman–Crippen MR) is 194 cm³/mol. The topological polar surface area (TPSA) is 168 Å². The number of nitrogens with zero attached hydrogens (tertiary/aromatic N) is 3. The van der Waals surface area contributed by atoms with Gasteiger partial charge in [-0.15, -0.1) is 10.2 Å². The predicted octanol–water partition coefficient (Wildman–Crippen LogP) is 5.58. The molecule has 262 valence electrons. The van der Waals surface area contributed by atoms with E-state index in [-0.39, 0.29) is 23.5 Å². The van der Waals surface area contributed by atoms with E-state index in [1.165, 1.54) is 6.42 Å². The number of amides is 2. The smallest absolute Gasteiger partial charge is 0.247 e. The molecular weight excluding hydrogens is 652 g/mol. The zero-order chi connectivity index (χ0) is 34.9. The average Bonchev–Trinajstić information content (AvgIpc) is 3.88. The fraction of sp³-hybridized carbons (Fsp3) is 0.421. The molecule has 2 atom stereocenters. The standard InChI is InChI=1S/C38H45ClN8O3/c39-33-21-30(35(48)3-1-2-26-18-19-41-23-26)14-17-32(33)27-8-4-24(5-9-27)20-34(43-37(49)29-10-6-25(22-40)7-11-29)38(50)42-31-15-12-28(13-16-31)36-44-46-47-45-36/h4-5,8-9,12-17,21,25-26,29,34,41H,1-3,6-7,10-11,18-20,22-23,40H2,(H,42,50)(H,43,49)(H,44,45,46,47). The summed E-state index contributed by atoms with van der Waals surface area (Å²) in [6, 6.07) is 19.6. The second-order valence-electron chi connectivity index (χ2n) is 13.6. The molecule has 3 aromatic carbocycles. The maximum Gasteiger partial charge on any atom is 0.247 e. The molecule has 50 heavy (non-hydrogen) atoms. The van der Waals surface area contributed by atoms with E-state index in [1.54, 1.807) is 30.3 Å². The number of rotatable bonds is 14. The summed E-state index contributed by atoms with van der Waals surface area (Å²) in [6.07, 6.45) is 7.30. The molecule has 1 saturated carbocycles. The molecule has 2 fully saturated rings. The minimum atomic E-state index is -0.795. The van der Waals surface area contributed by atoms with Crippen molar-refractivity contribution < 1.29 is 14.4 Å². The third-order valence-corrected chi connectivity index (χ3v) is 10.4. The number of benzene rings is 3. The molecule has 2 heterocycles. The molecule has 1 aliphatic carbocycles. The summed E-state index contributed by atoms with van der Waals surface area (Å²) in [5, 5.41) is 23.9. The Balaban J connectivity index is 1.11. The number of hydrogen-bond donors (Lipinski definition) is 5. The minimum absolute atomic E-state index is 0.110. The highest BCUT2D eigenvalue weighted by molar-refractivity contribution is 6.33. The molecule has 0 radical (unpaired) electrons. The molecule has 4 aromatic rings. The van der Waals surface area contributed by atoms with E-state index in [4.69, 9.17) is 17.3 Å². The van der Waals surface area contributed by atoms with Crippen molar-refractivity contribution >= 4 is 34.9 Å². The van der Waals surface area contributed by atoms with Crippen LogP contribution in [0.15, 0.2) is 66.7 Å². The highest BCUT2D eigenvalue weighted by atomic mass is 35.5. The number of ketones is 1. The Morgan fingerprint density at radius 1 is 0.920 bits per heavy atom. The van der Waals surface area contributed by atoms with Crippen LogP contribution < -0.4 is 21.7 Å². The fourth-order valence-corrected chi connectivity index (χ4v) is 7.30. The molecule has 1 aliphatic heterocycles. The molecule has 0 spiro atoms. The van der Waals surface area contributed by atoms with Crippen LogP contribution in [0.1, 0.15) is 67.3 Å². The molecule has 2 amide bonds. The maximum atomic E-state index is 13.7. The van der Waals surface area contributed by atoms with Crippen molar-refractivity contribution in [3.8, 4) is 22.5 Å². The molecule has 11 nitrogen and oxygen atoms in total. The van der Waals surface area contributed by atoms with Gasteiger partial charge in [-0.3, -0.25) is 14.4 Å². The Morgan fingerprint density at radius 3 is 2.34 bits per heavy atom. The first-order chi connectivity index (χ1) is 24.4. The minimum Gasteiger partial charge on any atom is -0.344 e. The number of hydrogen-bond acceptors (Lipinski definition) is 8. The molecule has 1 aromatic heterocycles. The van der Waals surface area contributed by atoms with E-state index in [0.717, 1.165) is 73.9 Å². The lowest BCUT2D eigenvalue weighted by molar-refractivity contribution is -0.130. The van der Waals surface area contributed by atoms with Crippen molar-refractivity contribution in [2.45, 2.75) is 63.8 Å². The largest absolute Gasteiger partial charge is 0.344 e. The fourth-order valence-electron chi connectivity index (χ4n) is 7.01. The number of aromatic amines is 1. The van der Waals surface area contributed by atoms with E-state index in [2.05, 4.69) is 36.6 Å². The van der Waals surface area contributed by atoms with E-state index >= 15 is 0 Å². The SMILES string of the molecule is NCC1CCC(C(=O)NC(Cc2ccc(-c3ccc(C(=O)CCCC4CCNC4)cc3Cl)cc2)C(=O)Nc2ccc(-c3nn[nH]n3)cc2)CC1. The first-order valence-electron chi connectivity index (χ1n) is 17.6. The number of nitrogens with one attached hydrogen (secondary N) is 4. The summed E-state index contributed by atoms with van der Waals surface area (Å²) in [5.74, 6) is 1.11. The van der Waals surface area contributed by atoms with Crippen molar-refractivity contribution in [1.82, 2.24) is 31.3 Å². The lowest BCUT2D eigenvalue weighted by Crippen LogP contribution is -2.48. The lowest BCUT2D eigenvalue weighted by atomic mass is 9.81. The summed E-state index contributed by atoms with van der Waals surface area (Å²) < 4.78 is 0. The van der Waals surface area contributed by atoms with E-state index in [1.807, 2.05) is 36.4 Å². The summed E-state index contributed by atoms with van der Waals surface area (Å²) >= 11 is 6.70. The van der Waals surface area contributed by atoms with Gasteiger partial charge >= 0.3 is 0 Å². The second kappa shape index (κ2) is 17.0. The van der Waals surface area contributed by atoms with Crippen LogP contribution in [-0.4, -0.2) is 63.9 Å². The van der Waals surface area contributed by atoms with Crippen LogP contribution in [0, 0.1) is 17.8 Å². The van der Waals surface area contributed by atoms with Gasteiger partial charge in [-0.2, -0.15) is 5.21 Å². The number of tetrazole rings is 1. The molecule has 1 saturated heterocycles. The van der Waals surface area contributed by atoms with Crippen molar-refractivity contribution in [3.05, 3.63) is 82.9 Å². The van der Waals surface area contributed by atoms with Gasteiger partial charge in [0.15, 0.2) is 5.78 Å². The van der Waals surface area contributed by atoms with Crippen molar-refractivity contribution in [1.29, 1.82) is 0 Å². The zero-order valence-electron chi connectivity index (χ0n) is 28.2. The monoisotopic (exact) mass is 696 g/mol. The van der Waals surface area contributed by atoms with Gasteiger partial charge in [-0.1, -0.05) is 48.0 Å². The number of H-pyrrole nitrogens is 1. The number of carbonyl (C=O) groups excluding carboxylic acids is 3. The van der Waals surface area contributed by atoms with E-state index < -0.39 is 6.04 Å². The average molecular weight is 697 g/mol. The number of nitrogens with two attached hydrogens (primary N) is 1. The van der Waals surface area contributed by atoms with E-state index in [0.29, 0.717) is 53.3 Å². The van der Waals surface area contributed by atoms with Crippen molar-refractivity contribution in [2.24, 2.45) is 23.5 Å². The number of anilines is 1. The Morgan fingerprint density at radius 2 is 1.68 bits per heavy atom.